The molecule has 0 radical (unpaired) electrons. The summed E-state index contributed by atoms with van der Waals surface area (Å²) in [6, 6.07) is 0. The summed E-state index contributed by atoms with van der Waals surface area (Å²) < 4.78 is 6.78. The highest BCUT2D eigenvalue weighted by atomic mass is 32.1. The van der Waals surface area contributed by atoms with Crippen LogP contribution in [0.1, 0.15) is 6.23 Å². The van der Waals surface area contributed by atoms with Gasteiger partial charge in [-0.1, -0.05) is 0 Å². The Labute approximate surface area is 116 Å². The van der Waals surface area contributed by atoms with Crippen LogP contribution in [0, 0.1) is 4.77 Å². The van der Waals surface area contributed by atoms with Crippen molar-refractivity contribution in [2.45, 2.75) is 24.5 Å². The lowest BCUT2D eigenvalue weighted by Gasteiger charge is -2.16. The third-order valence-electron chi connectivity index (χ3n) is 3.26. The highest BCUT2D eigenvalue weighted by Gasteiger charge is 2.43. The number of nitrogens with zero attached hydrogens (tertiary/aromatic N) is 2. The number of fused-ring (bicyclic) bond motifs is 1. The number of hydrogen-bond acceptors (Lipinski definition) is 7. The standard InChI is InChI=1S/C10H12N4O5S/c15-1-3-5(16)6(17)9(19-3)14-2-11-7-4(14)8(18)13-10(20)12-7/h2-3,5-6,9,15-17H,1H2,(H2,12,13,18,20)/t3-,5+,6+,9-/m0/s1. The van der Waals surface area contributed by atoms with Crippen LogP contribution in [0.4, 0.5) is 0 Å². The van der Waals surface area contributed by atoms with Gasteiger partial charge in [-0.2, -0.15) is 0 Å². The molecule has 0 aliphatic carbocycles. The molecule has 5 N–H and O–H groups in total. The van der Waals surface area contributed by atoms with Crippen molar-refractivity contribution < 1.29 is 20.1 Å². The molecule has 1 saturated heterocycles. The molecule has 1 fully saturated rings. The van der Waals surface area contributed by atoms with E-state index in [1.807, 2.05) is 0 Å². The predicted molar refractivity (Wildman–Crippen MR) is 68.5 cm³/mol. The van der Waals surface area contributed by atoms with E-state index in [9.17, 15) is 15.0 Å². The molecule has 10 heteroatoms. The SMILES string of the molecule is O=c1[nH]c(=S)[nH]c2ncn([C@H]3O[C@@H](CO)[C@@H](O)[C@H]3O)c12. The molecule has 0 spiro atoms. The van der Waals surface area contributed by atoms with E-state index in [1.165, 1.54) is 10.9 Å². The van der Waals surface area contributed by atoms with Gasteiger partial charge in [0, 0.05) is 0 Å². The zero-order valence-electron chi connectivity index (χ0n) is 10.1. The van der Waals surface area contributed by atoms with Crippen LogP contribution in [-0.4, -0.2) is 59.8 Å². The van der Waals surface area contributed by atoms with Gasteiger partial charge in [-0.05, 0) is 12.2 Å². The van der Waals surface area contributed by atoms with Crippen molar-refractivity contribution in [3.05, 3.63) is 21.5 Å². The molecule has 0 saturated carbocycles. The largest absolute Gasteiger partial charge is 0.394 e. The molecule has 0 bridgehead atoms. The summed E-state index contributed by atoms with van der Waals surface area (Å²) in [7, 11) is 0. The van der Waals surface area contributed by atoms with Crippen molar-refractivity contribution in [3.8, 4) is 0 Å². The third kappa shape index (κ3) is 1.89. The van der Waals surface area contributed by atoms with Crippen LogP contribution in [0.3, 0.4) is 0 Å². The Balaban J connectivity index is 2.12. The second-order valence-corrected chi connectivity index (χ2v) is 4.89. The smallest absolute Gasteiger partial charge is 0.278 e. The quantitative estimate of drug-likeness (QED) is 0.421. The fourth-order valence-corrected chi connectivity index (χ4v) is 2.47. The number of aliphatic hydroxyl groups is 3. The molecule has 0 amide bonds. The molecule has 3 rings (SSSR count). The first-order chi connectivity index (χ1) is 9.52. The average Bonchev–Trinajstić information content (AvgIpc) is 2.93. The molecule has 20 heavy (non-hydrogen) atoms. The second-order valence-electron chi connectivity index (χ2n) is 4.49. The van der Waals surface area contributed by atoms with E-state index in [0.29, 0.717) is 0 Å². The highest BCUT2D eigenvalue weighted by Crippen LogP contribution is 2.30. The Morgan fingerprint density at radius 2 is 2.15 bits per heavy atom. The average molecular weight is 300 g/mol. The van der Waals surface area contributed by atoms with Gasteiger partial charge < -0.3 is 25.0 Å². The number of rotatable bonds is 2. The molecular weight excluding hydrogens is 288 g/mol. The van der Waals surface area contributed by atoms with Gasteiger partial charge in [0.25, 0.3) is 5.56 Å². The summed E-state index contributed by atoms with van der Waals surface area (Å²) in [5.74, 6) is 0. The Morgan fingerprint density at radius 1 is 1.40 bits per heavy atom. The van der Waals surface area contributed by atoms with Gasteiger partial charge in [0.1, 0.15) is 18.3 Å². The number of aliphatic hydroxyl groups excluding tert-OH is 3. The van der Waals surface area contributed by atoms with E-state index in [2.05, 4.69) is 15.0 Å². The lowest BCUT2D eigenvalue weighted by molar-refractivity contribution is -0.0509. The summed E-state index contributed by atoms with van der Waals surface area (Å²) in [5.41, 5.74) is -0.107. The summed E-state index contributed by atoms with van der Waals surface area (Å²) in [4.78, 5) is 21.0. The van der Waals surface area contributed by atoms with E-state index >= 15 is 0 Å². The van der Waals surface area contributed by atoms with Crippen molar-refractivity contribution in [2.75, 3.05) is 6.61 Å². The minimum absolute atomic E-state index is 0.133. The first-order valence-electron chi connectivity index (χ1n) is 5.84. The van der Waals surface area contributed by atoms with Crippen LogP contribution in [0.5, 0.6) is 0 Å². The molecule has 108 valence electrons. The summed E-state index contributed by atoms with van der Waals surface area (Å²) in [5, 5.41) is 28.8. The monoisotopic (exact) mass is 300 g/mol. The van der Waals surface area contributed by atoms with Gasteiger partial charge >= 0.3 is 0 Å². The predicted octanol–water partition coefficient (Wildman–Crippen LogP) is -1.61. The Bertz CT molecular complexity index is 752. The molecule has 3 heterocycles. The maximum Gasteiger partial charge on any atom is 0.278 e. The molecular formula is C10H12N4O5S. The van der Waals surface area contributed by atoms with Crippen LogP contribution < -0.4 is 5.56 Å². The number of imidazole rings is 1. The molecule has 1 aliphatic rings. The Hall–Kier alpha value is -1.59. The highest BCUT2D eigenvalue weighted by molar-refractivity contribution is 7.71. The molecule has 2 aromatic heterocycles. The van der Waals surface area contributed by atoms with Gasteiger partial charge in [0.15, 0.2) is 22.2 Å². The van der Waals surface area contributed by atoms with Crippen LogP contribution in [0.15, 0.2) is 11.1 Å². The van der Waals surface area contributed by atoms with E-state index in [0.717, 1.165) is 0 Å². The Kier molecular flexibility index (Phi) is 3.18. The van der Waals surface area contributed by atoms with Crippen molar-refractivity contribution >= 4 is 23.4 Å². The second kappa shape index (κ2) is 4.75. The van der Waals surface area contributed by atoms with Crippen LogP contribution in [0.2, 0.25) is 0 Å². The fraction of sp³-hybridized carbons (Fsp3) is 0.500. The van der Waals surface area contributed by atoms with Crippen LogP contribution >= 0.6 is 12.2 Å². The van der Waals surface area contributed by atoms with Gasteiger partial charge in [0.05, 0.1) is 12.9 Å². The minimum Gasteiger partial charge on any atom is -0.394 e. The molecule has 1 aliphatic heterocycles. The number of H-pyrrole nitrogens is 2. The normalized spacial score (nSPS) is 30.1. The van der Waals surface area contributed by atoms with Crippen molar-refractivity contribution in [2.24, 2.45) is 0 Å². The summed E-state index contributed by atoms with van der Waals surface area (Å²) >= 11 is 4.84. The molecule has 0 aromatic carbocycles. The minimum atomic E-state index is -1.29. The summed E-state index contributed by atoms with van der Waals surface area (Å²) in [6.45, 7) is -0.444. The number of aromatic nitrogens is 4. The van der Waals surface area contributed by atoms with E-state index in [-0.39, 0.29) is 15.9 Å². The zero-order valence-corrected chi connectivity index (χ0v) is 10.9. The zero-order chi connectivity index (χ0) is 14.4. The molecule has 4 atom stereocenters. The molecule has 2 aromatic rings. The topological polar surface area (TPSA) is 136 Å². The van der Waals surface area contributed by atoms with Crippen LogP contribution in [-0.2, 0) is 4.74 Å². The first-order valence-corrected chi connectivity index (χ1v) is 6.25. The third-order valence-corrected chi connectivity index (χ3v) is 3.46. The maximum atomic E-state index is 11.9. The van der Waals surface area contributed by atoms with Gasteiger partial charge in [-0.3, -0.25) is 14.3 Å². The lowest BCUT2D eigenvalue weighted by atomic mass is 10.1. The van der Waals surface area contributed by atoms with Crippen molar-refractivity contribution in [1.82, 2.24) is 19.5 Å². The van der Waals surface area contributed by atoms with Crippen molar-refractivity contribution in [3.63, 3.8) is 0 Å². The molecule has 9 nitrogen and oxygen atoms in total. The van der Waals surface area contributed by atoms with Crippen LogP contribution in [0.25, 0.3) is 11.2 Å². The van der Waals surface area contributed by atoms with Gasteiger partial charge in [-0.25, -0.2) is 4.98 Å². The first kappa shape index (κ1) is 13.4. The van der Waals surface area contributed by atoms with Gasteiger partial charge in [0.2, 0.25) is 0 Å². The molecule has 0 unspecified atom stereocenters. The number of hydrogen-bond donors (Lipinski definition) is 5. The summed E-state index contributed by atoms with van der Waals surface area (Å²) in [6.07, 6.45) is -3.17. The maximum absolute atomic E-state index is 11.9. The fourth-order valence-electron chi connectivity index (χ4n) is 2.28. The van der Waals surface area contributed by atoms with E-state index in [1.54, 1.807) is 0 Å². The number of aromatic amines is 2. The number of ether oxygens (including phenoxy) is 1. The van der Waals surface area contributed by atoms with E-state index in [4.69, 9.17) is 22.1 Å². The number of nitrogens with one attached hydrogen (secondary N) is 2. The van der Waals surface area contributed by atoms with Crippen molar-refractivity contribution in [1.29, 1.82) is 0 Å². The Morgan fingerprint density at radius 3 is 2.80 bits per heavy atom. The van der Waals surface area contributed by atoms with Gasteiger partial charge in [-0.15, -0.1) is 0 Å². The lowest BCUT2D eigenvalue weighted by Crippen LogP contribution is -2.33. The van der Waals surface area contributed by atoms with E-state index < -0.39 is 36.7 Å².